The van der Waals surface area contributed by atoms with Crippen molar-refractivity contribution in [1.29, 1.82) is 0 Å². The van der Waals surface area contributed by atoms with Gasteiger partial charge >= 0.3 is 5.97 Å². The molecule has 0 saturated carbocycles. The fourth-order valence-electron chi connectivity index (χ4n) is 1.61. The first kappa shape index (κ1) is 18.7. The molecule has 0 heterocycles. The number of hydrogen-bond donors (Lipinski definition) is 2. The van der Waals surface area contributed by atoms with E-state index in [9.17, 15) is 9.90 Å². The molecule has 0 aliphatic rings. The summed E-state index contributed by atoms with van der Waals surface area (Å²) in [5, 5.41) is 12.7. The van der Waals surface area contributed by atoms with Crippen LogP contribution in [-0.2, 0) is 9.53 Å². The molecule has 19 heavy (non-hydrogen) atoms. The second-order valence-corrected chi connectivity index (χ2v) is 6.56. The monoisotopic (exact) mass is 291 g/mol. The van der Waals surface area contributed by atoms with Gasteiger partial charge in [0.2, 0.25) is 0 Å². The molecule has 0 aliphatic carbocycles. The maximum Gasteiger partial charge on any atom is 0.326 e. The summed E-state index contributed by atoms with van der Waals surface area (Å²) in [6, 6.07) is 0. The maximum atomic E-state index is 11.8. The van der Waals surface area contributed by atoms with E-state index in [1.54, 1.807) is 18.8 Å². The first-order valence-corrected chi connectivity index (χ1v) is 8.08. The number of esters is 1. The van der Waals surface area contributed by atoms with Crippen LogP contribution in [0.25, 0.3) is 0 Å². The van der Waals surface area contributed by atoms with Crippen LogP contribution in [0, 0.1) is 0 Å². The Hall–Kier alpha value is -0.260. The fraction of sp³-hybridized carbons (Fsp3) is 0.929. The number of aliphatic hydroxyl groups is 1. The van der Waals surface area contributed by atoms with Gasteiger partial charge in [-0.15, -0.1) is 0 Å². The molecule has 3 unspecified atom stereocenters. The number of carbonyl (C=O) groups is 1. The molecule has 5 heteroatoms. The molecule has 3 atom stereocenters. The van der Waals surface area contributed by atoms with Gasteiger partial charge in [-0.1, -0.05) is 13.3 Å². The Bertz CT molecular complexity index is 261. The van der Waals surface area contributed by atoms with Crippen LogP contribution in [0.3, 0.4) is 0 Å². The van der Waals surface area contributed by atoms with Crippen LogP contribution in [-0.4, -0.2) is 47.4 Å². The van der Waals surface area contributed by atoms with Crippen LogP contribution in [0.4, 0.5) is 0 Å². The lowest BCUT2D eigenvalue weighted by atomic mass is 9.95. The summed E-state index contributed by atoms with van der Waals surface area (Å²) in [6.45, 7) is 7.97. The smallest absolute Gasteiger partial charge is 0.326 e. The molecule has 0 amide bonds. The summed E-state index contributed by atoms with van der Waals surface area (Å²) in [4.78, 5) is 11.8. The highest BCUT2D eigenvalue weighted by Crippen LogP contribution is 2.20. The van der Waals surface area contributed by atoms with Gasteiger partial charge in [0.25, 0.3) is 0 Å². The highest BCUT2D eigenvalue weighted by Gasteiger charge is 2.32. The van der Waals surface area contributed by atoms with Crippen LogP contribution < -0.4 is 5.32 Å². The molecule has 0 saturated heterocycles. The maximum absolute atomic E-state index is 11.8. The number of thioether (sulfide) groups is 1. The quantitative estimate of drug-likeness (QED) is 0.477. The highest BCUT2D eigenvalue weighted by molar-refractivity contribution is 7.99. The lowest BCUT2D eigenvalue weighted by Gasteiger charge is -2.26. The van der Waals surface area contributed by atoms with E-state index in [0.717, 1.165) is 25.0 Å². The molecule has 0 aromatic carbocycles. The zero-order chi connectivity index (χ0) is 14.9. The van der Waals surface area contributed by atoms with Crippen molar-refractivity contribution in [3.63, 3.8) is 0 Å². The van der Waals surface area contributed by atoms with Gasteiger partial charge in [0, 0.05) is 5.25 Å². The molecular formula is C14H29NO3S. The minimum atomic E-state index is -0.587. The lowest BCUT2D eigenvalue weighted by Crippen LogP contribution is -2.48. The van der Waals surface area contributed by atoms with Crippen molar-refractivity contribution >= 4 is 17.7 Å². The van der Waals surface area contributed by atoms with Crippen molar-refractivity contribution in [2.24, 2.45) is 0 Å². The minimum Gasteiger partial charge on any atom is -0.465 e. The van der Waals surface area contributed by atoms with E-state index >= 15 is 0 Å². The zero-order valence-electron chi connectivity index (χ0n) is 12.9. The normalized spacial score (nSPS) is 17.6. The summed E-state index contributed by atoms with van der Waals surface area (Å²) in [5.74, 6) is 0.830. The SMILES string of the molecule is CCOC(=O)C(C)(CCCCSC(C)C(C)O)NC. The van der Waals surface area contributed by atoms with Crippen molar-refractivity contribution in [3.8, 4) is 0 Å². The van der Waals surface area contributed by atoms with E-state index in [1.165, 1.54) is 0 Å². The predicted molar refractivity (Wildman–Crippen MR) is 81.5 cm³/mol. The number of hydrogen-bond acceptors (Lipinski definition) is 5. The summed E-state index contributed by atoms with van der Waals surface area (Å²) in [7, 11) is 1.79. The number of carbonyl (C=O) groups excluding carboxylic acids is 1. The Kier molecular flexibility index (Phi) is 9.48. The summed E-state index contributed by atoms with van der Waals surface area (Å²) >= 11 is 1.77. The van der Waals surface area contributed by atoms with Crippen LogP contribution in [0.5, 0.6) is 0 Å². The number of aliphatic hydroxyl groups excluding tert-OH is 1. The highest BCUT2D eigenvalue weighted by atomic mass is 32.2. The molecule has 0 spiro atoms. The van der Waals surface area contributed by atoms with Gasteiger partial charge in [0.15, 0.2) is 0 Å². The predicted octanol–water partition coefficient (Wildman–Crippen LogP) is 2.20. The Balaban J connectivity index is 3.93. The van der Waals surface area contributed by atoms with E-state index < -0.39 is 5.54 Å². The van der Waals surface area contributed by atoms with Crippen molar-refractivity contribution in [2.75, 3.05) is 19.4 Å². The van der Waals surface area contributed by atoms with Crippen molar-refractivity contribution in [1.82, 2.24) is 5.32 Å². The summed E-state index contributed by atoms with van der Waals surface area (Å²) in [5.41, 5.74) is -0.587. The molecular weight excluding hydrogens is 262 g/mol. The fourth-order valence-corrected chi connectivity index (χ4v) is 2.63. The van der Waals surface area contributed by atoms with Gasteiger partial charge in [-0.25, -0.2) is 0 Å². The number of unbranched alkanes of at least 4 members (excludes halogenated alkanes) is 1. The molecule has 114 valence electrons. The zero-order valence-corrected chi connectivity index (χ0v) is 13.7. The Morgan fingerprint density at radius 3 is 2.53 bits per heavy atom. The molecule has 0 aromatic heterocycles. The lowest BCUT2D eigenvalue weighted by molar-refractivity contribution is -0.150. The Labute approximate surface area is 121 Å². The van der Waals surface area contributed by atoms with E-state index in [0.29, 0.717) is 6.61 Å². The minimum absolute atomic E-state index is 0.178. The van der Waals surface area contributed by atoms with Crippen molar-refractivity contribution < 1.29 is 14.6 Å². The number of rotatable bonds is 10. The Morgan fingerprint density at radius 1 is 1.42 bits per heavy atom. The average Bonchev–Trinajstić information content (AvgIpc) is 2.37. The third kappa shape index (κ3) is 7.18. The van der Waals surface area contributed by atoms with Crippen LogP contribution in [0.2, 0.25) is 0 Å². The van der Waals surface area contributed by atoms with E-state index in [4.69, 9.17) is 4.74 Å². The van der Waals surface area contributed by atoms with Gasteiger partial charge < -0.3 is 15.2 Å². The van der Waals surface area contributed by atoms with E-state index in [-0.39, 0.29) is 17.3 Å². The molecule has 0 fully saturated rings. The number of nitrogens with one attached hydrogen (secondary N) is 1. The van der Waals surface area contributed by atoms with Crippen molar-refractivity contribution in [3.05, 3.63) is 0 Å². The number of ether oxygens (including phenoxy) is 1. The van der Waals surface area contributed by atoms with Gasteiger partial charge in [-0.2, -0.15) is 11.8 Å². The third-order valence-electron chi connectivity index (χ3n) is 3.41. The molecule has 0 aromatic rings. The van der Waals surface area contributed by atoms with E-state index in [2.05, 4.69) is 5.32 Å². The molecule has 0 rings (SSSR count). The second-order valence-electron chi connectivity index (χ2n) is 5.08. The summed E-state index contributed by atoms with van der Waals surface area (Å²) in [6.07, 6.45) is 2.51. The van der Waals surface area contributed by atoms with Gasteiger partial charge in [-0.3, -0.25) is 4.79 Å². The summed E-state index contributed by atoms with van der Waals surface area (Å²) < 4.78 is 5.08. The van der Waals surface area contributed by atoms with E-state index in [1.807, 2.05) is 27.7 Å². The average molecular weight is 291 g/mol. The standard InChI is InChI=1S/C14H29NO3S/c1-6-18-13(17)14(4,15-5)9-7-8-10-19-12(3)11(2)16/h11-12,15-16H,6-10H2,1-5H3. The molecule has 0 aliphatic heterocycles. The van der Waals surface area contributed by atoms with Crippen LogP contribution in [0.1, 0.15) is 47.0 Å². The first-order valence-electron chi connectivity index (χ1n) is 7.03. The van der Waals surface area contributed by atoms with Gasteiger partial charge in [0.1, 0.15) is 5.54 Å². The topological polar surface area (TPSA) is 58.6 Å². The second kappa shape index (κ2) is 9.61. The van der Waals surface area contributed by atoms with Gasteiger partial charge in [0.05, 0.1) is 12.7 Å². The van der Waals surface area contributed by atoms with Crippen molar-refractivity contribution in [2.45, 2.75) is 63.9 Å². The first-order chi connectivity index (χ1) is 8.87. The number of likely N-dealkylation sites (N-methyl/N-ethyl adjacent to an activating group) is 1. The third-order valence-corrected chi connectivity index (χ3v) is 4.85. The largest absolute Gasteiger partial charge is 0.465 e. The molecule has 0 bridgehead atoms. The Morgan fingerprint density at radius 2 is 2.05 bits per heavy atom. The van der Waals surface area contributed by atoms with Crippen LogP contribution in [0.15, 0.2) is 0 Å². The van der Waals surface area contributed by atoms with Gasteiger partial charge in [-0.05, 0) is 46.4 Å². The molecule has 2 N–H and O–H groups in total. The molecule has 0 radical (unpaired) electrons. The molecule has 4 nitrogen and oxygen atoms in total. The van der Waals surface area contributed by atoms with Crippen LogP contribution >= 0.6 is 11.8 Å².